The summed E-state index contributed by atoms with van der Waals surface area (Å²) in [4.78, 5) is 0. The molecule has 0 unspecified atom stereocenters. The zero-order chi connectivity index (χ0) is 19.2. The molecule has 3 rings (SSSR count). The van der Waals surface area contributed by atoms with E-state index in [1.807, 2.05) is 60.7 Å². The Morgan fingerprint density at radius 3 is 2.44 bits per heavy atom. The molecule has 6 heteroatoms. The van der Waals surface area contributed by atoms with Crippen molar-refractivity contribution in [2.45, 2.75) is 13.2 Å². The average molecular weight is 512 g/mol. The Morgan fingerprint density at radius 2 is 1.74 bits per heavy atom. The highest BCUT2D eigenvalue weighted by Crippen LogP contribution is 2.37. The largest absolute Gasteiger partial charge is 0.493 e. The Kier molecular flexibility index (Phi) is 7.05. The van der Waals surface area contributed by atoms with Crippen LogP contribution in [0.5, 0.6) is 11.5 Å². The van der Waals surface area contributed by atoms with E-state index in [9.17, 15) is 0 Å². The van der Waals surface area contributed by atoms with E-state index in [2.05, 4.69) is 37.2 Å². The number of ether oxygens (including phenoxy) is 2. The molecule has 0 atom stereocenters. The first-order valence-corrected chi connectivity index (χ1v) is 10.3. The first-order valence-electron chi connectivity index (χ1n) is 8.29. The maximum Gasteiger partial charge on any atom is 0.175 e. The number of nitrogens with one attached hydrogen (secondary N) is 1. The first-order chi connectivity index (χ1) is 13.1. The van der Waals surface area contributed by atoms with E-state index in [0.29, 0.717) is 29.7 Å². The summed E-state index contributed by atoms with van der Waals surface area (Å²) in [5.74, 6) is 1.33. The highest BCUT2D eigenvalue weighted by Gasteiger charge is 2.13. The number of hydrogen-bond donors (Lipinski definition) is 1. The summed E-state index contributed by atoms with van der Waals surface area (Å²) in [6.07, 6.45) is 0. The number of hydrogen-bond acceptors (Lipinski definition) is 3. The van der Waals surface area contributed by atoms with Gasteiger partial charge in [-0.05, 0) is 64.0 Å². The van der Waals surface area contributed by atoms with Crippen LogP contribution in [0, 0.1) is 0 Å². The van der Waals surface area contributed by atoms with Gasteiger partial charge in [-0.15, -0.1) is 0 Å². The zero-order valence-corrected chi connectivity index (χ0v) is 18.6. The number of halogens is 3. The third kappa shape index (κ3) is 5.41. The van der Waals surface area contributed by atoms with Crippen molar-refractivity contribution in [2.75, 3.05) is 12.4 Å². The Hall–Kier alpha value is -1.69. The minimum Gasteiger partial charge on any atom is -0.493 e. The van der Waals surface area contributed by atoms with Crippen LogP contribution in [0.2, 0.25) is 5.02 Å². The molecule has 1 N–H and O–H groups in total. The van der Waals surface area contributed by atoms with Crippen LogP contribution < -0.4 is 14.8 Å². The minimum absolute atomic E-state index is 0.366. The summed E-state index contributed by atoms with van der Waals surface area (Å²) < 4.78 is 13.4. The summed E-state index contributed by atoms with van der Waals surface area (Å²) in [5, 5.41) is 4.08. The molecule has 0 aliphatic rings. The molecule has 27 heavy (non-hydrogen) atoms. The van der Waals surface area contributed by atoms with Gasteiger partial charge in [-0.25, -0.2) is 0 Å². The average Bonchev–Trinajstić information content (AvgIpc) is 2.67. The second kappa shape index (κ2) is 9.49. The molecule has 0 radical (unpaired) electrons. The molecular formula is C21H18Br2ClNO2. The van der Waals surface area contributed by atoms with Crippen LogP contribution in [-0.2, 0) is 13.2 Å². The first kappa shape index (κ1) is 20.1. The molecule has 3 nitrogen and oxygen atoms in total. The van der Waals surface area contributed by atoms with Gasteiger partial charge in [0.25, 0.3) is 0 Å². The van der Waals surface area contributed by atoms with Gasteiger partial charge in [0.2, 0.25) is 0 Å². The summed E-state index contributed by atoms with van der Waals surface area (Å²) in [7, 11) is 1.63. The molecule has 0 saturated heterocycles. The van der Waals surface area contributed by atoms with Gasteiger partial charge in [0, 0.05) is 27.3 Å². The van der Waals surface area contributed by atoms with Crippen molar-refractivity contribution in [1.29, 1.82) is 0 Å². The molecule has 3 aromatic rings. The molecule has 0 aromatic heterocycles. The lowest BCUT2D eigenvalue weighted by Gasteiger charge is -2.15. The summed E-state index contributed by atoms with van der Waals surface area (Å²) >= 11 is 13.2. The van der Waals surface area contributed by atoms with Gasteiger partial charge >= 0.3 is 0 Å². The van der Waals surface area contributed by atoms with Crippen LogP contribution in [0.1, 0.15) is 11.1 Å². The van der Waals surface area contributed by atoms with E-state index < -0.39 is 0 Å². The third-order valence-corrected chi connectivity index (χ3v) is 5.45. The maximum absolute atomic E-state index is 6.20. The van der Waals surface area contributed by atoms with Crippen molar-refractivity contribution in [3.63, 3.8) is 0 Å². The number of anilines is 1. The SMILES string of the molecule is COc1cc(CNc2ccc(Br)cc2)cc(Br)c1OCc1ccccc1Cl. The Balaban J connectivity index is 1.72. The molecule has 0 bridgehead atoms. The van der Waals surface area contributed by atoms with Gasteiger partial charge in [0.15, 0.2) is 11.5 Å². The van der Waals surface area contributed by atoms with Crippen molar-refractivity contribution in [3.8, 4) is 11.5 Å². The van der Waals surface area contributed by atoms with E-state index >= 15 is 0 Å². The fourth-order valence-electron chi connectivity index (χ4n) is 2.55. The monoisotopic (exact) mass is 509 g/mol. The van der Waals surface area contributed by atoms with Crippen LogP contribution >= 0.6 is 43.5 Å². The molecular weight excluding hydrogens is 493 g/mol. The zero-order valence-electron chi connectivity index (χ0n) is 14.6. The van der Waals surface area contributed by atoms with Crippen LogP contribution in [0.25, 0.3) is 0 Å². The molecule has 140 valence electrons. The van der Waals surface area contributed by atoms with Crippen LogP contribution in [-0.4, -0.2) is 7.11 Å². The molecule has 0 spiro atoms. The molecule has 0 aliphatic heterocycles. The van der Waals surface area contributed by atoms with Crippen LogP contribution in [0.4, 0.5) is 5.69 Å². The number of benzene rings is 3. The molecule has 0 heterocycles. The normalized spacial score (nSPS) is 10.5. The van der Waals surface area contributed by atoms with Crippen LogP contribution in [0.15, 0.2) is 69.6 Å². The minimum atomic E-state index is 0.366. The van der Waals surface area contributed by atoms with Crippen molar-refractivity contribution >= 4 is 49.1 Å². The van der Waals surface area contributed by atoms with Gasteiger partial charge in [-0.3, -0.25) is 0 Å². The predicted molar refractivity (Wildman–Crippen MR) is 118 cm³/mol. The Morgan fingerprint density at radius 1 is 1.00 bits per heavy atom. The number of rotatable bonds is 7. The molecule has 0 amide bonds. The van der Waals surface area contributed by atoms with Crippen molar-refractivity contribution < 1.29 is 9.47 Å². The van der Waals surface area contributed by atoms with Crippen molar-refractivity contribution in [2.24, 2.45) is 0 Å². The lowest BCUT2D eigenvalue weighted by molar-refractivity contribution is 0.282. The summed E-state index contributed by atoms with van der Waals surface area (Å²) in [6, 6.07) is 19.7. The molecule has 0 aliphatic carbocycles. The Labute approximate surface area is 180 Å². The van der Waals surface area contributed by atoms with Crippen molar-refractivity contribution in [1.82, 2.24) is 0 Å². The molecule has 3 aromatic carbocycles. The topological polar surface area (TPSA) is 30.5 Å². The van der Waals surface area contributed by atoms with Gasteiger partial charge in [0.05, 0.1) is 11.6 Å². The lowest BCUT2D eigenvalue weighted by atomic mass is 10.2. The lowest BCUT2D eigenvalue weighted by Crippen LogP contribution is -2.03. The van der Waals surface area contributed by atoms with E-state index in [1.54, 1.807) is 7.11 Å². The third-order valence-electron chi connectivity index (χ3n) is 3.96. The van der Waals surface area contributed by atoms with Gasteiger partial charge in [0.1, 0.15) is 6.61 Å². The van der Waals surface area contributed by atoms with E-state index in [1.165, 1.54) is 0 Å². The highest BCUT2D eigenvalue weighted by atomic mass is 79.9. The second-order valence-electron chi connectivity index (χ2n) is 5.85. The Bertz CT molecular complexity index is 917. The van der Waals surface area contributed by atoms with Gasteiger partial charge < -0.3 is 14.8 Å². The second-order valence-corrected chi connectivity index (χ2v) is 8.03. The smallest absolute Gasteiger partial charge is 0.175 e. The fraction of sp³-hybridized carbons (Fsp3) is 0.143. The molecule has 0 fully saturated rings. The molecule has 0 saturated carbocycles. The van der Waals surface area contributed by atoms with Gasteiger partial charge in [-0.2, -0.15) is 0 Å². The van der Waals surface area contributed by atoms with E-state index in [0.717, 1.165) is 25.8 Å². The van der Waals surface area contributed by atoms with Crippen LogP contribution in [0.3, 0.4) is 0 Å². The standard InChI is InChI=1S/C21H18Br2ClNO2/c1-26-20-11-14(12-25-17-8-6-16(22)7-9-17)10-18(23)21(20)27-13-15-4-2-3-5-19(15)24/h2-11,25H,12-13H2,1H3. The number of methoxy groups -OCH3 is 1. The summed E-state index contributed by atoms with van der Waals surface area (Å²) in [5.41, 5.74) is 3.05. The highest BCUT2D eigenvalue weighted by molar-refractivity contribution is 9.10. The summed E-state index contributed by atoms with van der Waals surface area (Å²) in [6.45, 7) is 1.03. The van der Waals surface area contributed by atoms with Crippen molar-refractivity contribution in [3.05, 3.63) is 85.8 Å². The maximum atomic E-state index is 6.20. The predicted octanol–water partition coefficient (Wildman–Crippen LogP) is 7.06. The van der Waals surface area contributed by atoms with Gasteiger partial charge in [-0.1, -0.05) is 45.7 Å². The van der Waals surface area contributed by atoms with E-state index in [4.69, 9.17) is 21.1 Å². The quantitative estimate of drug-likeness (QED) is 0.368. The fourth-order valence-corrected chi connectivity index (χ4v) is 3.61. The van der Waals surface area contributed by atoms with E-state index in [-0.39, 0.29) is 0 Å².